The van der Waals surface area contributed by atoms with E-state index in [1.165, 1.54) is 0 Å². The largest absolute Gasteiger partial charge is 0.351 e. The van der Waals surface area contributed by atoms with E-state index in [0.717, 1.165) is 19.4 Å². The number of ether oxygens (including phenoxy) is 2. The molecule has 1 saturated heterocycles. The molecule has 1 aliphatic rings. The molecule has 0 aliphatic carbocycles. The van der Waals surface area contributed by atoms with Gasteiger partial charge in [-0.2, -0.15) is 0 Å². The Kier molecular flexibility index (Phi) is 4.20. The lowest BCUT2D eigenvalue weighted by Gasteiger charge is -2.26. The van der Waals surface area contributed by atoms with Crippen molar-refractivity contribution in [2.45, 2.75) is 23.1 Å². The minimum Gasteiger partial charge on any atom is -0.351 e. The molecule has 0 aromatic heterocycles. The molecule has 1 rings (SSSR count). The summed E-state index contributed by atoms with van der Waals surface area (Å²) in [6, 6.07) is 0. The second kappa shape index (κ2) is 4.96. The molecule has 2 nitrogen and oxygen atoms in total. The van der Waals surface area contributed by atoms with Gasteiger partial charge in [-0.25, -0.2) is 0 Å². The van der Waals surface area contributed by atoms with Gasteiger partial charge in [0.15, 0.2) is 6.29 Å². The van der Waals surface area contributed by atoms with Crippen molar-refractivity contribution in [2.75, 3.05) is 13.2 Å². The van der Waals surface area contributed by atoms with Gasteiger partial charge in [0.2, 0.25) is 0 Å². The lowest BCUT2D eigenvalue weighted by molar-refractivity contribution is -0.146. The third-order valence-electron chi connectivity index (χ3n) is 1.53. The van der Waals surface area contributed by atoms with Crippen LogP contribution in [0.15, 0.2) is 0 Å². The fraction of sp³-hybridized carbons (Fsp3) is 0.750. The molecule has 0 unspecified atom stereocenters. The van der Waals surface area contributed by atoms with E-state index in [0.29, 0.717) is 10.5 Å². The molecule has 3 heteroatoms. The predicted molar refractivity (Wildman–Crippen MR) is 51.6 cm³/mol. The Labute approximate surface area is 80.8 Å². The van der Waals surface area contributed by atoms with Gasteiger partial charge in [0.25, 0.3) is 0 Å². The summed E-state index contributed by atoms with van der Waals surface area (Å²) in [7, 11) is 0. The van der Waals surface area contributed by atoms with Gasteiger partial charge in [-0.1, -0.05) is 28.5 Å². The Balaban J connectivity index is 2.25. The van der Waals surface area contributed by atoms with Crippen LogP contribution in [-0.2, 0) is 9.47 Å². The molecule has 62 valence electrons. The van der Waals surface area contributed by atoms with Crippen LogP contribution in [0.25, 0.3) is 0 Å². The molecule has 0 saturated carbocycles. The van der Waals surface area contributed by atoms with Gasteiger partial charge in [0, 0.05) is 6.61 Å². The summed E-state index contributed by atoms with van der Waals surface area (Å²) in [6.07, 6.45) is 7.27. The lowest BCUT2D eigenvalue weighted by atomic mass is 10.2. The van der Waals surface area contributed by atoms with Crippen LogP contribution >= 0.6 is 22.6 Å². The molecule has 0 spiro atoms. The van der Waals surface area contributed by atoms with Crippen molar-refractivity contribution in [2.24, 2.45) is 0 Å². The van der Waals surface area contributed by atoms with Crippen LogP contribution in [0, 0.1) is 12.3 Å². The first-order valence-electron chi connectivity index (χ1n) is 3.65. The standard InChI is InChI=1S/C8H11IO2/c1-2-5-10-8-7(9)4-3-6-11-8/h1,7-8H,3-6H2/t7-,8-/m0/s1. The van der Waals surface area contributed by atoms with E-state index >= 15 is 0 Å². The summed E-state index contributed by atoms with van der Waals surface area (Å²) >= 11 is 2.34. The van der Waals surface area contributed by atoms with Crippen LogP contribution in [-0.4, -0.2) is 23.4 Å². The molecule has 0 amide bonds. The third kappa shape index (κ3) is 2.97. The summed E-state index contributed by atoms with van der Waals surface area (Å²) in [4.78, 5) is 0. The molecule has 0 radical (unpaired) electrons. The van der Waals surface area contributed by atoms with E-state index in [2.05, 4.69) is 28.5 Å². The number of alkyl halides is 1. The fourth-order valence-electron chi connectivity index (χ4n) is 1.00. The maximum Gasteiger partial charge on any atom is 0.170 e. The fourth-order valence-corrected chi connectivity index (χ4v) is 1.86. The highest BCUT2D eigenvalue weighted by Crippen LogP contribution is 2.22. The molecular weight excluding hydrogens is 255 g/mol. The summed E-state index contributed by atoms with van der Waals surface area (Å²) < 4.78 is 11.1. The zero-order valence-corrected chi connectivity index (χ0v) is 8.41. The van der Waals surface area contributed by atoms with Crippen LogP contribution in [0.5, 0.6) is 0 Å². The van der Waals surface area contributed by atoms with Crippen molar-refractivity contribution in [1.82, 2.24) is 0 Å². The Morgan fingerprint density at radius 2 is 2.55 bits per heavy atom. The average Bonchev–Trinajstić information content (AvgIpc) is 2.03. The summed E-state index contributed by atoms with van der Waals surface area (Å²) in [5, 5.41) is 0. The zero-order chi connectivity index (χ0) is 8.10. The van der Waals surface area contributed by atoms with Crippen LogP contribution in [0.2, 0.25) is 0 Å². The van der Waals surface area contributed by atoms with Gasteiger partial charge in [-0.05, 0) is 12.8 Å². The normalized spacial score (nSPS) is 31.3. The van der Waals surface area contributed by atoms with Crippen LogP contribution < -0.4 is 0 Å². The van der Waals surface area contributed by atoms with Gasteiger partial charge >= 0.3 is 0 Å². The van der Waals surface area contributed by atoms with E-state index < -0.39 is 0 Å². The summed E-state index contributed by atoms with van der Waals surface area (Å²) in [5.41, 5.74) is 0. The summed E-state index contributed by atoms with van der Waals surface area (Å²) in [5.74, 6) is 2.43. The number of rotatable bonds is 2. The van der Waals surface area contributed by atoms with Gasteiger partial charge in [0.05, 0.1) is 3.92 Å². The molecule has 0 aromatic rings. The molecule has 1 aliphatic heterocycles. The molecule has 1 heterocycles. The zero-order valence-electron chi connectivity index (χ0n) is 6.25. The van der Waals surface area contributed by atoms with Gasteiger partial charge in [-0.3, -0.25) is 0 Å². The van der Waals surface area contributed by atoms with Gasteiger partial charge < -0.3 is 9.47 Å². The number of halogens is 1. The van der Waals surface area contributed by atoms with Crippen molar-refractivity contribution < 1.29 is 9.47 Å². The first-order valence-corrected chi connectivity index (χ1v) is 4.90. The minimum absolute atomic E-state index is 0.0830. The number of hydrogen-bond donors (Lipinski definition) is 0. The topological polar surface area (TPSA) is 18.5 Å². The third-order valence-corrected chi connectivity index (χ3v) is 2.74. The van der Waals surface area contributed by atoms with Gasteiger partial charge in [-0.15, -0.1) is 6.42 Å². The van der Waals surface area contributed by atoms with Crippen molar-refractivity contribution in [1.29, 1.82) is 0 Å². The highest BCUT2D eigenvalue weighted by Gasteiger charge is 2.23. The molecule has 1 fully saturated rings. The molecule has 0 aromatic carbocycles. The van der Waals surface area contributed by atoms with Gasteiger partial charge in [0.1, 0.15) is 6.61 Å². The van der Waals surface area contributed by atoms with Crippen molar-refractivity contribution in [3.05, 3.63) is 0 Å². The van der Waals surface area contributed by atoms with Crippen molar-refractivity contribution in [3.63, 3.8) is 0 Å². The Morgan fingerprint density at radius 3 is 3.18 bits per heavy atom. The van der Waals surface area contributed by atoms with E-state index in [-0.39, 0.29) is 6.29 Å². The molecule has 2 atom stereocenters. The first kappa shape index (κ1) is 9.30. The smallest absolute Gasteiger partial charge is 0.170 e. The first-order chi connectivity index (χ1) is 5.34. The quantitative estimate of drug-likeness (QED) is 0.429. The van der Waals surface area contributed by atoms with E-state index in [1.54, 1.807) is 0 Å². The summed E-state index contributed by atoms with van der Waals surface area (Å²) in [6.45, 7) is 1.15. The number of terminal acetylenes is 1. The van der Waals surface area contributed by atoms with E-state index in [9.17, 15) is 0 Å². The molecular formula is C8H11IO2. The highest BCUT2D eigenvalue weighted by atomic mass is 127. The molecule has 11 heavy (non-hydrogen) atoms. The Hall–Kier alpha value is 0.210. The van der Waals surface area contributed by atoms with Crippen LogP contribution in [0.3, 0.4) is 0 Å². The highest BCUT2D eigenvalue weighted by molar-refractivity contribution is 14.1. The van der Waals surface area contributed by atoms with Crippen LogP contribution in [0.1, 0.15) is 12.8 Å². The number of hydrogen-bond acceptors (Lipinski definition) is 2. The van der Waals surface area contributed by atoms with Crippen molar-refractivity contribution in [3.8, 4) is 12.3 Å². The Bertz CT molecular complexity index is 153. The maximum atomic E-state index is 5.37. The monoisotopic (exact) mass is 266 g/mol. The second-order valence-electron chi connectivity index (χ2n) is 2.41. The Morgan fingerprint density at radius 1 is 1.73 bits per heavy atom. The second-order valence-corrected chi connectivity index (χ2v) is 4.01. The maximum absolute atomic E-state index is 5.37. The molecule has 0 N–H and O–H groups in total. The van der Waals surface area contributed by atoms with Crippen molar-refractivity contribution >= 4 is 22.6 Å². The SMILES string of the molecule is C#CCO[C@H]1OCCC[C@@H]1I. The average molecular weight is 266 g/mol. The van der Waals surface area contributed by atoms with E-state index in [1.807, 2.05) is 0 Å². The van der Waals surface area contributed by atoms with E-state index in [4.69, 9.17) is 15.9 Å². The van der Waals surface area contributed by atoms with Crippen LogP contribution in [0.4, 0.5) is 0 Å². The molecule has 0 bridgehead atoms. The lowest BCUT2D eigenvalue weighted by Crippen LogP contribution is -2.32. The minimum atomic E-state index is -0.0830. The predicted octanol–water partition coefficient (Wildman–Crippen LogP) is 1.58.